The van der Waals surface area contributed by atoms with E-state index in [1.807, 2.05) is 0 Å². The van der Waals surface area contributed by atoms with E-state index >= 15 is 0 Å². The fraction of sp³-hybridized carbons (Fsp3) is 0. The van der Waals surface area contributed by atoms with Crippen molar-refractivity contribution in [1.29, 1.82) is 0 Å². The number of pyridine rings is 1. The normalized spacial score (nSPS) is 10.6. The Kier molecular flexibility index (Phi) is 3.17. The highest BCUT2D eigenvalue weighted by Crippen LogP contribution is 2.32. The van der Waals surface area contributed by atoms with Crippen molar-refractivity contribution < 1.29 is 13.9 Å². The highest BCUT2D eigenvalue weighted by atomic mass is 35.5. The third-order valence-electron chi connectivity index (χ3n) is 2.10. The summed E-state index contributed by atoms with van der Waals surface area (Å²) in [6, 6.07) is 2.91. The second-order valence-corrected chi connectivity index (χ2v) is 4.11. The van der Waals surface area contributed by atoms with Gasteiger partial charge in [0, 0.05) is 11.8 Å². The Hall–Kier alpha value is -1.39. The summed E-state index contributed by atoms with van der Waals surface area (Å²) in [4.78, 5) is 3.68. The molecule has 0 saturated carbocycles. The van der Waals surface area contributed by atoms with Gasteiger partial charge < -0.3 is 5.11 Å². The van der Waals surface area contributed by atoms with Crippen molar-refractivity contribution in [3.05, 3.63) is 46.1 Å². The second kappa shape index (κ2) is 4.47. The minimum absolute atomic E-state index is 0.102. The summed E-state index contributed by atoms with van der Waals surface area (Å²) in [6.45, 7) is 0. The molecule has 0 unspecified atom stereocenters. The first kappa shape index (κ1) is 12.1. The van der Waals surface area contributed by atoms with Crippen molar-refractivity contribution in [1.82, 2.24) is 4.98 Å². The van der Waals surface area contributed by atoms with Crippen LogP contribution in [0.3, 0.4) is 0 Å². The maximum Gasteiger partial charge on any atom is 0.151 e. The van der Waals surface area contributed by atoms with E-state index in [1.165, 1.54) is 6.20 Å². The highest BCUT2D eigenvalue weighted by molar-refractivity contribution is 6.32. The predicted molar refractivity (Wildman–Crippen MR) is 61.3 cm³/mol. The molecule has 2 rings (SSSR count). The molecule has 0 bridgehead atoms. The fourth-order valence-corrected chi connectivity index (χ4v) is 1.63. The quantitative estimate of drug-likeness (QED) is 0.852. The van der Waals surface area contributed by atoms with Crippen LogP contribution in [0.15, 0.2) is 24.4 Å². The standard InChI is InChI=1S/C11H5Cl2F2NO/c12-5-1-9(15)11(16-4-5)6-2-10(17)7(13)3-8(6)14/h1-4,17H. The summed E-state index contributed by atoms with van der Waals surface area (Å²) in [5.41, 5.74) is -0.417. The summed E-state index contributed by atoms with van der Waals surface area (Å²) in [5.74, 6) is -1.90. The zero-order valence-electron chi connectivity index (χ0n) is 8.22. The molecule has 17 heavy (non-hydrogen) atoms. The smallest absolute Gasteiger partial charge is 0.151 e. The van der Waals surface area contributed by atoms with Gasteiger partial charge in [-0.1, -0.05) is 23.2 Å². The van der Waals surface area contributed by atoms with Crippen LogP contribution in [-0.4, -0.2) is 10.1 Å². The van der Waals surface area contributed by atoms with E-state index in [1.54, 1.807) is 0 Å². The Morgan fingerprint density at radius 3 is 2.41 bits per heavy atom. The molecule has 6 heteroatoms. The molecule has 0 amide bonds. The van der Waals surface area contributed by atoms with Gasteiger partial charge >= 0.3 is 0 Å². The molecule has 88 valence electrons. The maximum atomic E-state index is 13.6. The molecule has 0 aliphatic heterocycles. The van der Waals surface area contributed by atoms with Gasteiger partial charge in [0.25, 0.3) is 0 Å². The number of aromatic nitrogens is 1. The van der Waals surface area contributed by atoms with Crippen LogP contribution in [0.1, 0.15) is 0 Å². The largest absolute Gasteiger partial charge is 0.506 e. The monoisotopic (exact) mass is 275 g/mol. The topological polar surface area (TPSA) is 33.1 Å². The van der Waals surface area contributed by atoms with E-state index in [0.717, 1.165) is 18.2 Å². The first-order valence-corrected chi connectivity index (χ1v) is 5.24. The van der Waals surface area contributed by atoms with Gasteiger partial charge in [-0.2, -0.15) is 0 Å². The van der Waals surface area contributed by atoms with Gasteiger partial charge in [0.1, 0.15) is 17.3 Å². The van der Waals surface area contributed by atoms with Crippen molar-refractivity contribution in [2.24, 2.45) is 0 Å². The van der Waals surface area contributed by atoms with Crippen LogP contribution >= 0.6 is 23.2 Å². The van der Waals surface area contributed by atoms with Gasteiger partial charge in [-0.25, -0.2) is 8.78 Å². The van der Waals surface area contributed by atoms with Crippen LogP contribution in [0.4, 0.5) is 8.78 Å². The number of phenols is 1. The SMILES string of the molecule is Oc1cc(-c2ncc(Cl)cc2F)c(F)cc1Cl. The molecule has 2 nitrogen and oxygen atoms in total. The molecule has 0 aliphatic carbocycles. The number of nitrogens with zero attached hydrogens (tertiary/aromatic N) is 1. The Morgan fingerprint density at radius 2 is 1.76 bits per heavy atom. The first-order chi connectivity index (χ1) is 7.99. The summed E-state index contributed by atoms with van der Waals surface area (Å²) >= 11 is 11.0. The second-order valence-electron chi connectivity index (χ2n) is 3.27. The molecule has 1 N–H and O–H groups in total. The number of hydrogen-bond acceptors (Lipinski definition) is 2. The van der Waals surface area contributed by atoms with Crippen LogP contribution in [0.25, 0.3) is 11.3 Å². The van der Waals surface area contributed by atoms with Crippen molar-refractivity contribution in [2.45, 2.75) is 0 Å². The van der Waals surface area contributed by atoms with E-state index in [4.69, 9.17) is 23.2 Å². The Bertz CT molecular complexity index is 590. The lowest BCUT2D eigenvalue weighted by molar-refractivity contribution is 0.473. The number of rotatable bonds is 1. The summed E-state index contributed by atoms with van der Waals surface area (Å²) in [7, 11) is 0. The van der Waals surface area contributed by atoms with Crippen LogP contribution < -0.4 is 0 Å². The van der Waals surface area contributed by atoms with Crippen molar-refractivity contribution in [3.8, 4) is 17.0 Å². The zero-order valence-corrected chi connectivity index (χ0v) is 9.73. The summed E-state index contributed by atoms with van der Waals surface area (Å²) in [5, 5.41) is 9.31. The van der Waals surface area contributed by atoms with Crippen LogP contribution in [0.5, 0.6) is 5.75 Å². The van der Waals surface area contributed by atoms with Crippen molar-refractivity contribution >= 4 is 23.2 Å². The minimum atomic E-state index is -0.780. The van der Waals surface area contributed by atoms with E-state index in [0.29, 0.717) is 0 Å². The molecule has 1 heterocycles. The van der Waals surface area contributed by atoms with Gasteiger partial charge in [-0.05, 0) is 18.2 Å². The third-order valence-corrected chi connectivity index (χ3v) is 2.61. The number of phenolic OH excluding ortho intramolecular Hbond substituents is 1. The molecule has 0 fully saturated rings. The van der Waals surface area contributed by atoms with Crippen molar-refractivity contribution in [2.75, 3.05) is 0 Å². The number of benzene rings is 1. The molecular formula is C11H5Cl2F2NO. The predicted octanol–water partition coefficient (Wildman–Crippen LogP) is 4.04. The molecule has 0 atom stereocenters. The Labute approximate surface area is 105 Å². The van der Waals surface area contributed by atoms with Crippen LogP contribution in [0, 0.1) is 11.6 Å². The number of hydrogen-bond donors (Lipinski definition) is 1. The lowest BCUT2D eigenvalue weighted by Crippen LogP contribution is -1.92. The molecular weight excluding hydrogens is 271 g/mol. The fourth-order valence-electron chi connectivity index (χ4n) is 1.33. The van der Waals surface area contributed by atoms with E-state index in [-0.39, 0.29) is 27.1 Å². The molecule has 1 aromatic heterocycles. The van der Waals surface area contributed by atoms with Gasteiger partial charge in [-0.15, -0.1) is 0 Å². The van der Waals surface area contributed by atoms with E-state index in [2.05, 4.69) is 4.98 Å². The molecule has 0 saturated heterocycles. The van der Waals surface area contributed by atoms with Crippen LogP contribution in [-0.2, 0) is 0 Å². The summed E-state index contributed by atoms with van der Waals surface area (Å²) < 4.78 is 27.1. The van der Waals surface area contributed by atoms with Gasteiger partial charge in [-0.3, -0.25) is 4.98 Å². The molecule has 0 aliphatic rings. The number of aromatic hydroxyl groups is 1. The van der Waals surface area contributed by atoms with Gasteiger partial charge in [0.05, 0.1) is 10.0 Å². The number of halogens is 4. The highest BCUT2D eigenvalue weighted by Gasteiger charge is 2.15. The van der Waals surface area contributed by atoms with E-state index < -0.39 is 11.6 Å². The average Bonchev–Trinajstić information content (AvgIpc) is 2.24. The maximum absolute atomic E-state index is 13.6. The van der Waals surface area contributed by atoms with Gasteiger partial charge in [0.2, 0.25) is 0 Å². The average molecular weight is 276 g/mol. The van der Waals surface area contributed by atoms with Gasteiger partial charge in [0.15, 0.2) is 5.82 Å². The Morgan fingerprint density at radius 1 is 1.06 bits per heavy atom. The minimum Gasteiger partial charge on any atom is -0.506 e. The zero-order chi connectivity index (χ0) is 12.6. The molecule has 0 spiro atoms. The first-order valence-electron chi connectivity index (χ1n) is 4.48. The Balaban J connectivity index is 2.64. The molecule has 0 radical (unpaired) electrons. The lowest BCUT2D eigenvalue weighted by atomic mass is 10.1. The summed E-state index contributed by atoms with van der Waals surface area (Å²) in [6.07, 6.45) is 1.19. The molecule has 2 aromatic rings. The lowest BCUT2D eigenvalue weighted by Gasteiger charge is -2.06. The van der Waals surface area contributed by atoms with E-state index in [9.17, 15) is 13.9 Å². The van der Waals surface area contributed by atoms with Crippen molar-refractivity contribution in [3.63, 3.8) is 0 Å². The van der Waals surface area contributed by atoms with Crippen LogP contribution in [0.2, 0.25) is 10.0 Å². The molecule has 1 aromatic carbocycles. The third kappa shape index (κ3) is 2.33.